The van der Waals surface area contributed by atoms with Crippen LogP contribution >= 0.6 is 0 Å². The van der Waals surface area contributed by atoms with Crippen LogP contribution in [-0.2, 0) is 16.1 Å². The molecule has 142 valence electrons. The number of fused-ring (bicyclic) bond motifs is 1. The van der Waals surface area contributed by atoms with Crippen LogP contribution in [0.5, 0.6) is 5.75 Å². The Morgan fingerprint density at radius 3 is 2.75 bits per heavy atom. The molecule has 1 heterocycles. The number of esters is 1. The third-order valence-corrected chi connectivity index (χ3v) is 3.94. The van der Waals surface area contributed by atoms with Gasteiger partial charge in [-0.05, 0) is 24.3 Å². The van der Waals surface area contributed by atoms with E-state index < -0.39 is 16.5 Å². The minimum absolute atomic E-state index is 0.118. The maximum atomic E-state index is 12.0. The van der Waals surface area contributed by atoms with E-state index in [0.29, 0.717) is 22.3 Å². The van der Waals surface area contributed by atoms with E-state index in [4.69, 9.17) is 13.9 Å². The minimum Gasteiger partial charge on any atom is -0.497 e. The summed E-state index contributed by atoms with van der Waals surface area (Å²) < 4.78 is 15.4. The summed E-state index contributed by atoms with van der Waals surface area (Å²) in [5.74, 6) is -0.176. The molecule has 0 aliphatic heterocycles. The number of nitro groups is 1. The van der Waals surface area contributed by atoms with Gasteiger partial charge in [0.05, 0.1) is 17.6 Å². The molecule has 3 aromatic rings. The van der Waals surface area contributed by atoms with E-state index in [1.54, 1.807) is 24.3 Å². The van der Waals surface area contributed by atoms with Gasteiger partial charge in [-0.1, -0.05) is 12.1 Å². The summed E-state index contributed by atoms with van der Waals surface area (Å²) in [6.45, 7) is -0.158. The fraction of sp³-hybridized carbons (Fsp3) is 0.100. The van der Waals surface area contributed by atoms with Gasteiger partial charge in [0.1, 0.15) is 17.9 Å². The van der Waals surface area contributed by atoms with E-state index in [0.717, 1.165) is 6.08 Å². The second-order valence-corrected chi connectivity index (χ2v) is 5.71. The van der Waals surface area contributed by atoms with Gasteiger partial charge in [-0.3, -0.25) is 10.1 Å². The Hall–Kier alpha value is -3.94. The first-order chi connectivity index (χ1) is 13.5. The molecule has 28 heavy (non-hydrogen) atoms. The van der Waals surface area contributed by atoms with E-state index in [9.17, 15) is 19.7 Å². The third-order valence-electron chi connectivity index (χ3n) is 3.94. The highest BCUT2D eigenvalue weighted by Crippen LogP contribution is 2.23. The summed E-state index contributed by atoms with van der Waals surface area (Å²) in [7, 11) is 1.49. The zero-order valence-electron chi connectivity index (χ0n) is 14.8. The van der Waals surface area contributed by atoms with Gasteiger partial charge in [-0.15, -0.1) is 0 Å². The lowest BCUT2D eigenvalue weighted by molar-refractivity contribution is -0.385. The molecule has 0 spiro atoms. The van der Waals surface area contributed by atoms with Gasteiger partial charge in [-0.25, -0.2) is 9.59 Å². The fourth-order valence-corrected chi connectivity index (χ4v) is 2.61. The predicted octanol–water partition coefficient (Wildman–Crippen LogP) is 3.47. The van der Waals surface area contributed by atoms with Gasteiger partial charge in [0, 0.05) is 35.2 Å². The predicted molar refractivity (Wildman–Crippen MR) is 101 cm³/mol. The smallest absolute Gasteiger partial charge is 0.336 e. The van der Waals surface area contributed by atoms with Crippen molar-refractivity contribution in [3.05, 3.63) is 86.3 Å². The molecule has 0 radical (unpaired) electrons. The van der Waals surface area contributed by atoms with Crippen LogP contribution in [-0.4, -0.2) is 18.0 Å². The first-order valence-electron chi connectivity index (χ1n) is 8.17. The molecule has 8 heteroatoms. The van der Waals surface area contributed by atoms with Crippen LogP contribution in [0.1, 0.15) is 11.1 Å². The van der Waals surface area contributed by atoms with Gasteiger partial charge in [0.15, 0.2) is 0 Å². The number of ether oxygens (including phenoxy) is 2. The van der Waals surface area contributed by atoms with Crippen molar-refractivity contribution in [2.45, 2.75) is 6.61 Å². The Bertz CT molecular complexity index is 1130. The lowest BCUT2D eigenvalue weighted by atomic mass is 10.1. The molecule has 8 nitrogen and oxygen atoms in total. The molecule has 0 unspecified atom stereocenters. The molecule has 0 saturated carbocycles. The SMILES string of the molecule is COc1ccc2c(COC(=O)C=Cc3ccccc3[N+](=O)[O-])cc(=O)oc2c1. The molecule has 0 saturated heterocycles. The van der Waals surface area contributed by atoms with Crippen molar-refractivity contribution in [3.8, 4) is 5.75 Å². The molecule has 0 aliphatic carbocycles. The number of hydrogen-bond acceptors (Lipinski definition) is 7. The summed E-state index contributed by atoms with van der Waals surface area (Å²) in [5, 5.41) is 11.6. The summed E-state index contributed by atoms with van der Waals surface area (Å²) in [6.07, 6.45) is 2.40. The van der Waals surface area contributed by atoms with Crippen LogP contribution in [0.25, 0.3) is 17.0 Å². The van der Waals surface area contributed by atoms with Crippen molar-refractivity contribution in [3.63, 3.8) is 0 Å². The molecule has 3 rings (SSSR count). The molecular formula is C20H15NO7. The third kappa shape index (κ3) is 4.24. The van der Waals surface area contributed by atoms with Crippen molar-refractivity contribution in [1.29, 1.82) is 0 Å². The molecule has 0 bridgehead atoms. The molecule has 0 N–H and O–H groups in total. The molecule has 0 aliphatic rings. The number of nitro benzene ring substituents is 1. The number of methoxy groups -OCH3 is 1. The fourth-order valence-electron chi connectivity index (χ4n) is 2.61. The van der Waals surface area contributed by atoms with Crippen molar-refractivity contribution >= 4 is 28.7 Å². The molecule has 0 fully saturated rings. The average molecular weight is 381 g/mol. The number of hydrogen-bond donors (Lipinski definition) is 0. The summed E-state index contributed by atoms with van der Waals surface area (Å²) in [5.41, 5.74) is 0.367. The Labute approximate surface area is 158 Å². The van der Waals surface area contributed by atoms with Crippen LogP contribution in [0, 0.1) is 10.1 Å². The number of carbonyl (C=O) groups is 1. The Morgan fingerprint density at radius 2 is 2.00 bits per heavy atom. The van der Waals surface area contributed by atoms with E-state index >= 15 is 0 Å². The van der Waals surface area contributed by atoms with Gasteiger partial charge >= 0.3 is 11.6 Å². The highest BCUT2D eigenvalue weighted by molar-refractivity contribution is 5.88. The summed E-state index contributed by atoms with van der Waals surface area (Å²) in [4.78, 5) is 34.2. The van der Waals surface area contributed by atoms with Crippen molar-refractivity contribution < 1.29 is 23.6 Å². The minimum atomic E-state index is -0.701. The van der Waals surface area contributed by atoms with Crippen molar-refractivity contribution in [2.75, 3.05) is 7.11 Å². The van der Waals surface area contributed by atoms with Crippen LogP contribution in [0.3, 0.4) is 0 Å². The molecular weight excluding hydrogens is 366 g/mol. The van der Waals surface area contributed by atoms with Gasteiger partial charge in [0.25, 0.3) is 5.69 Å². The lowest BCUT2D eigenvalue weighted by Crippen LogP contribution is -2.05. The van der Waals surface area contributed by atoms with Gasteiger partial charge < -0.3 is 13.9 Å². The highest BCUT2D eigenvalue weighted by atomic mass is 16.6. The van der Waals surface area contributed by atoms with Gasteiger partial charge in [-0.2, -0.15) is 0 Å². The summed E-state index contributed by atoms with van der Waals surface area (Å²) >= 11 is 0. The van der Waals surface area contributed by atoms with E-state index in [1.165, 1.54) is 37.5 Å². The first kappa shape index (κ1) is 18.8. The molecule has 2 aromatic carbocycles. The summed E-state index contributed by atoms with van der Waals surface area (Å²) in [6, 6.07) is 12.2. The average Bonchev–Trinajstić information content (AvgIpc) is 2.69. The number of nitrogens with zero attached hydrogens (tertiary/aromatic N) is 1. The number of para-hydroxylation sites is 1. The molecule has 1 aromatic heterocycles. The monoisotopic (exact) mass is 381 g/mol. The normalized spacial score (nSPS) is 10.9. The van der Waals surface area contributed by atoms with E-state index in [1.807, 2.05) is 0 Å². The first-order valence-corrected chi connectivity index (χ1v) is 8.17. The maximum Gasteiger partial charge on any atom is 0.336 e. The van der Waals surface area contributed by atoms with Crippen LogP contribution in [0.2, 0.25) is 0 Å². The quantitative estimate of drug-likeness (QED) is 0.211. The highest BCUT2D eigenvalue weighted by Gasteiger charge is 2.11. The second kappa shape index (κ2) is 8.17. The lowest BCUT2D eigenvalue weighted by Gasteiger charge is -2.07. The molecule has 0 amide bonds. The van der Waals surface area contributed by atoms with Crippen LogP contribution in [0.4, 0.5) is 5.69 Å². The number of carbonyl (C=O) groups excluding carboxylic acids is 1. The largest absolute Gasteiger partial charge is 0.497 e. The van der Waals surface area contributed by atoms with Crippen LogP contribution < -0.4 is 10.4 Å². The number of benzene rings is 2. The molecule has 0 atom stereocenters. The van der Waals surface area contributed by atoms with Crippen molar-refractivity contribution in [1.82, 2.24) is 0 Å². The Morgan fingerprint density at radius 1 is 1.21 bits per heavy atom. The Kier molecular flexibility index (Phi) is 5.50. The number of rotatable bonds is 6. The van der Waals surface area contributed by atoms with Gasteiger partial charge in [0.2, 0.25) is 0 Å². The van der Waals surface area contributed by atoms with Crippen molar-refractivity contribution in [2.24, 2.45) is 0 Å². The zero-order chi connectivity index (χ0) is 20.1. The topological polar surface area (TPSA) is 109 Å². The zero-order valence-corrected chi connectivity index (χ0v) is 14.8. The Balaban J connectivity index is 1.76. The second-order valence-electron chi connectivity index (χ2n) is 5.71. The van der Waals surface area contributed by atoms with E-state index in [-0.39, 0.29) is 17.9 Å². The maximum absolute atomic E-state index is 12.0. The van der Waals surface area contributed by atoms with Crippen LogP contribution in [0.15, 0.2) is 63.8 Å². The van der Waals surface area contributed by atoms with E-state index in [2.05, 4.69) is 0 Å². The standard InChI is InChI=1S/C20H15NO7/c1-26-15-7-8-16-14(10-20(23)28-18(16)11-15)12-27-19(22)9-6-13-4-2-3-5-17(13)21(24)25/h2-11H,12H2,1H3.